The molecule has 0 saturated carbocycles. The average Bonchev–Trinajstić information content (AvgIpc) is 3.03. The summed E-state index contributed by atoms with van der Waals surface area (Å²) >= 11 is 6.61. The van der Waals surface area contributed by atoms with Gasteiger partial charge in [0.1, 0.15) is 11.4 Å². The maximum absolute atomic E-state index is 14.1. The lowest BCUT2D eigenvalue weighted by Crippen LogP contribution is -2.06. The van der Waals surface area contributed by atoms with Crippen molar-refractivity contribution >= 4 is 28.6 Å². The SMILES string of the molecule is O=c1[nH][nH]c(=Nc2cc(Oc3ncccc3C(F)C(F)F)c(Cl)cc2F)s1. The maximum Gasteiger partial charge on any atom is 0.322 e. The van der Waals surface area contributed by atoms with E-state index in [9.17, 15) is 22.4 Å². The van der Waals surface area contributed by atoms with Gasteiger partial charge in [-0.1, -0.05) is 11.6 Å². The minimum atomic E-state index is -3.28. The van der Waals surface area contributed by atoms with Crippen molar-refractivity contribution in [3.63, 3.8) is 0 Å². The summed E-state index contributed by atoms with van der Waals surface area (Å²) in [6.07, 6.45) is -4.69. The summed E-state index contributed by atoms with van der Waals surface area (Å²) in [5.41, 5.74) is -0.729. The van der Waals surface area contributed by atoms with E-state index < -0.39 is 34.7 Å². The zero-order valence-corrected chi connectivity index (χ0v) is 14.6. The fraction of sp³-hybridized carbons (Fsp3) is 0.133. The molecule has 142 valence electrons. The van der Waals surface area contributed by atoms with Gasteiger partial charge in [-0.2, -0.15) is 0 Å². The third kappa shape index (κ3) is 4.37. The molecule has 0 saturated heterocycles. The summed E-state index contributed by atoms with van der Waals surface area (Å²) < 4.78 is 58.5. The van der Waals surface area contributed by atoms with Gasteiger partial charge in [-0.15, -0.1) is 0 Å². The lowest BCUT2D eigenvalue weighted by atomic mass is 10.2. The van der Waals surface area contributed by atoms with Crippen LogP contribution in [-0.4, -0.2) is 21.6 Å². The molecule has 0 fully saturated rings. The molecule has 12 heteroatoms. The largest absolute Gasteiger partial charge is 0.437 e. The van der Waals surface area contributed by atoms with Crippen LogP contribution in [0.25, 0.3) is 0 Å². The Labute approximate surface area is 157 Å². The van der Waals surface area contributed by atoms with E-state index in [-0.39, 0.29) is 21.3 Å². The van der Waals surface area contributed by atoms with E-state index in [1.807, 2.05) is 0 Å². The van der Waals surface area contributed by atoms with E-state index in [0.717, 1.165) is 18.2 Å². The van der Waals surface area contributed by atoms with Crippen LogP contribution in [-0.2, 0) is 0 Å². The van der Waals surface area contributed by atoms with E-state index >= 15 is 0 Å². The molecular weight excluding hydrogens is 412 g/mol. The third-order valence-corrected chi connectivity index (χ3v) is 4.18. The molecule has 1 unspecified atom stereocenters. The van der Waals surface area contributed by atoms with Crippen molar-refractivity contribution in [2.45, 2.75) is 12.6 Å². The van der Waals surface area contributed by atoms with Crippen molar-refractivity contribution in [3.05, 3.63) is 61.3 Å². The van der Waals surface area contributed by atoms with Gasteiger partial charge in [0.15, 0.2) is 12.0 Å². The summed E-state index contributed by atoms with van der Waals surface area (Å²) in [4.78, 5) is 18.4. The highest BCUT2D eigenvalue weighted by atomic mass is 35.5. The minimum absolute atomic E-state index is 0.0761. The molecule has 6 nitrogen and oxygen atoms in total. The van der Waals surface area contributed by atoms with Gasteiger partial charge in [0.25, 0.3) is 6.43 Å². The van der Waals surface area contributed by atoms with Crippen molar-refractivity contribution in [2.75, 3.05) is 0 Å². The van der Waals surface area contributed by atoms with Gasteiger partial charge in [0, 0.05) is 12.3 Å². The van der Waals surface area contributed by atoms with Crippen LogP contribution in [0.1, 0.15) is 11.7 Å². The Morgan fingerprint density at radius 1 is 1.26 bits per heavy atom. The molecule has 27 heavy (non-hydrogen) atoms. The molecule has 0 aliphatic heterocycles. The number of halogens is 5. The molecule has 0 bridgehead atoms. The van der Waals surface area contributed by atoms with Crippen LogP contribution in [0.2, 0.25) is 5.02 Å². The van der Waals surface area contributed by atoms with E-state index in [1.54, 1.807) is 0 Å². The molecule has 3 rings (SSSR count). The standard InChI is InChI=1S/C15H9ClF4N4O2S/c16-7-4-8(17)9(22-14-23-24-15(25)27-14)5-10(7)26-13-6(2-1-3-21-13)11(18)12(19)20/h1-5,11-12H,(H,22,23)(H,24,25). The first kappa shape index (κ1) is 19.1. The second kappa shape index (κ2) is 7.92. The molecule has 0 radical (unpaired) electrons. The number of hydrogen-bond acceptors (Lipinski definition) is 5. The van der Waals surface area contributed by atoms with E-state index in [4.69, 9.17) is 16.3 Å². The molecular formula is C15H9ClF4N4O2S. The van der Waals surface area contributed by atoms with Crippen LogP contribution in [0.4, 0.5) is 23.2 Å². The molecule has 1 atom stereocenters. The summed E-state index contributed by atoms with van der Waals surface area (Å²) in [5.74, 6) is -1.44. The normalized spacial score (nSPS) is 13.2. The Hall–Kier alpha value is -2.66. The van der Waals surface area contributed by atoms with Crippen LogP contribution >= 0.6 is 22.9 Å². The number of nitrogens with zero attached hydrogens (tertiary/aromatic N) is 2. The number of nitrogens with one attached hydrogen (secondary N) is 2. The summed E-state index contributed by atoms with van der Waals surface area (Å²) in [5, 5.41) is 4.47. The molecule has 0 amide bonds. The topological polar surface area (TPSA) is 83.1 Å². The Morgan fingerprint density at radius 2 is 2.04 bits per heavy atom. The van der Waals surface area contributed by atoms with Gasteiger partial charge < -0.3 is 4.74 Å². The highest BCUT2D eigenvalue weighted by Gasteiger charge is 2.26. The number of ether oxygens (including phenoxy) is 1. The fourth-order valence-corrected chi connectivity index (χ4v) is 2.74. The molecule has 2 heterocycles. The number of rotatable bonds is 5. The number of benzene rings is 1. The molecule has 1 aromatic carbocycles. The van der Waals surface area contributed by atoms with Gasteiger partial charge in [-0.3, -0.25) is 15.0 Å². The second-order valence-electron chi connectivity index (χ2n) is 5.03. The summed E-state index contributed by atoms with van der Waals surface area (Å²) in [7, 11) is 0. The van der Waals surface area contributed by atoms with Gasteiger partial charge >= 0.3 is 4.87 Å². The molecule has 0 aliphatic rings. The van der Waals surface area contributed by atoms with Crippen molar-refractivity contribution in [1.82, 2.24) is 15.2 Å². The van der Waals surface area contributed by atoms with Crippen LogP contribution < -0.4 is 14.4 Å². The average molecular weight is 421 g/mol. The lowest BCUT2D eigenvalue weighted by Gasteiger charge is -2.14. The zero-order chi connectivity index (χ0) is 19.6. The summed E-state index contributed by atoms with van der Waals surface area (Å²) in [6.45, 7) is 0. The number of H-pyrrole nitrogens is 2. The summed E-state index contributed by atoms with van der Waals surface area (Å²) in [6, 6.07) is 4.32. The molecule has 2 N–H and O–H groups in total. The van der Waals surface area contributed by atoms with Crippen molar-refractivity contribution in [2.24, 2.45) is 4.99 Å². The smallest absolute Gasteiger partial charge is 0.322 e. The lowest BCUT2D eigenvalue weighted by molar-refractivity contribution is 0.0481. The fourth-order valence-electron chi connectivity index (χ4n) is 2.02. The second-order valence-corrected chi connectivity index (χ2v) is 6.40. The highest BCUT2D eigenvalue weighted by molar-refractivity contribution is 7.06. The van der Waals surface area contributed by atoms with E-state index in [2.05, 4.69) is 20.2 Å². The Morgan fingerprint density at radius 3 is 2.70 bits per heavy atom. The Balaban J connectivity index is 2.02. The van der Waals surface area contributed by atoms with Crippen molar-refractivity contribution in [3.8, 4) is 11.6 Å². The monoisotopic (exact) mass is 420 g/mol. The molecule has 0 spiro atoms. The molecule has 3 aromatic rings. The van der Waals surface area contributed by atoms with Crippen LogP contribution in [0.5, 0.6) is 11.6 Å². The van der Waals surface area contributed by atoms with E-state index in [0.29, 0.717) is 11.3 Å². The van der Waals surface area contributed by atoms with Crippen LogP contribution in [0.3, 0.4) is 0 Å². The maximum atomic E-state index is 14.1. The van der Waals surface area contributed by atoms with Crippen molar-refractivity contribution < 1.29 is 22.3 Å². The third-order valence-electron chi connectivity index (χ3n) is 3.21. The quantitative estimate of drug-likeness (QED) is 0.605. The van der Waals surface area contributed by atoms with Gasteiger partial charge in [-0.05, 0) is 29.5 Å². The predicted octanol–water partition coefficient (Wildman–Crippen LogP) is 4.25. The number of pyridine rings is 1. The van der Waals surface area contributed by atoms with Crippen molar-refractivity contribution in [1.29, 1.82) is 0 Å². The van der Waals surface area contributed by atoms with Crippen LogP contribution in [0, 0.1) is 5.82 Å². The number of aromatic nitrogens is 3. The van der Waals surface area contributed by atoms with Gasteiger partial charge in [-0.25, -0.2) is 27.5 Å². The number of alkyl halides is 3. The first-order chi connectivity index (χ1) is 12.8. The number of hydrogen-bond donors (Lipinski definition) is 2. The van der Waals surface area contributed by atoms with Crippen LogP contribution in [0.15, 0.2) is 40.2 Å². The van der Waals surface area contributed by atoms with Gasteiger partial charge in [0.2, 0.25) is 10.7 Å². The first-order valence-corrected chi connectivity index (χ1v) is 8.41. The first-order valence-electron chi connectivity index (χ1n) is 7.21. The minimum Gasteiger partial charge on any atom is -0.437 e. The number of aromatic amines is 2. The Bertz CT molecular complexity index is 1080. The Kier molecular flexibility index (Phi) is 5.61. The molecule has 0 aliphatic carbocycles. The zero-order valence-electron chi connectivity index (χ0n) is 13.1. The molecule has 2 aromatic heterocycles. The van der Waals surface area contributed by atoms with Gasteiger partial charge in [0.05, 0.1) is 10.6 Å². The predicted molar refractivity (Wildman–Crippen MR) is 90.1 cm³/mol. The van der Waals surface area contributed by atoms with E-state index in [1.165, 1.54) is 12.3 Å². The highest BCUT2D eigenvalue weighted by Crippen LogP contribution is 2.38.